The average Bonchev–Trinajstić information content (AvgIpc) is 2.33. The molecule has 0 unspecified atom stereocenters. The van der Waals surface area contributed by atoms with Crippen LogP contribution in [0.4, 0.5) is 11.4 Å². The van der Waals surface area contributed by atoms with Gasteiger partial charge in [0, 0.05) is 12.6 Å². The molecule has 1 aromatic rings. The number of nitrogens with one attached hydrogen (secondary N) is 1. The largest absolute Gasteiger partial charge is 0.393 e. The maximum absolute atomic E-state index is 10.9. The number of nitrogens with two attached hydrogens (primary N) is 1. The molecule has 0 saturated heterocycles. The van der Waals surface area contributed by atoms with Crippen LogP contribution in [0.1, 0.15) is 17.5 Å². The highest BCUT2D eigenvalue weighted by molar-refractivity contribution is 5.74. The minimum Gasteiger partial charge on any atom is -0.393 e. The first-order valence-corrected chi connectivity index (χ1v) is 5.54. The molecule has 0 bridgehead atoms. The molecule has 17 heavy (non-hydrogen) atoms. The molecule has 1 aliphatic heterocycles. The molecule has 0 aromatic heterocycles. The third-order valence-corrected chi connectivity index (χ3v) is 3.00. The van der Waals surface area contributed by atoms with Crippen molar-refractivity contribution in [3.8, 4) is 0 Å². The van der Waals surface area contributed by atoms with Gasteiger partial charge in [0.1, 0.15) is 5.69 Å². The number of rotatable bonds is 2. The van der Waals surface area contributed by atoms with E-state index >= 15 is 0 Å². The van der Waals surface area contributed by atoms with Crippen LogP contribution >= 0.6 is 0 Å². The Kier molecular flexibility index (Phi) is 3.10. The van der Waals surface area contributed by atoms with Gasteiger partial charge >= 0.3 is 0 Å². The monoisotopic (exact) mass is 233 g/mol. The van der Waals surface area contributed by atoms with E-state index in [4.69, 9.17) is 5.73 Å². The third kappa shape index (κ3) is 2.29. The fourth-order valence-electron chi connectivity index (χ4n) is 2.00. The van der Waals surface area contributed by atoms with Crippen molar-refractivity contribution in [1.29, 1.82) is 0 Å². The summed E-state index contributed by atoms with van der Waals surface area (Å²) in [6.45, 7) is 3.52. The number of nitro groups is 1. The van der Waals surface area contributed by atoms with Gasteiger partial charge in [-0.15, -0.1) is 0 Å². The quantitative estimate of drug-likeness (QED) is 0.464. The SMILES string of the molecule is Cc1cc(C2=CCNCC2)cc([N+](=O)[O-])c1N. The van der Waals surface area contributed by atoms with E-state index in [9.17, 15) is 10.1 Å². The van der Waals surface area contributed by atoms with E-state index < -0.39 is 4.92 Å². The lowest BCUT2D eigenvalue weighted by molar-refractivity contribution is -0.383. The topological polar surface area (TPSA) is 81.2 Å². The summed E-state index contributed by atoms with van der Waals surface area (Å²) in [5, 5.41) is 14.1. The summed E-state index contributed by atoms with van der Waals surface area (Å²) in [6, 6.07) is 3.49. The summed E-state index contributed by atoms with van der Waals surface area (Å²) in [5.41, 5.74) is 8.78. The van der Waals surface area contributed by atoms with E-state index in [1.165, 1.54) is 0 Å². The highest BCUT2D eigenvalue weighted by atomic mass is 16.6. The van der Waals surface area contributed by atoms with Crippen LogP contribution in [0.15, 0.2) is 18.2 Å². The van der Waals surface area contributed by atoms with Crippen LogP contribution in [0.3, 0.4) is 0 Å². The van der Waals surface area contributed by atoms with E-state index in [2.05, 4.69) is 11.4 Å². The second kappa shape index (κ2) is 4.55. The Labute approximate surface area is 99.5 Å². The highest BCUT2D eigenvalue weighted by Crippen LogP contribution is 2.31. The number of hydrogen-bond acceptors (Lipinski definition) is 4. The Balaban J connectivity index is 2.48. The Morgan fingerprint density at radius 3 is 2.82 bits per heavy atom. The van der Waals surface area contributed by atoms with Crippen molar-refractivity contribution < 1.29 is 4.92 Å². The Morgan fingerprint density at radius 1 is 1.47 bits per heavy atom. The lowest BCUT2D eigenvalue weighted by Gasteiger charge is -2.15. The number of hydrogen-bond donors (Lipinski definition) is 2. The third-order valence-electron chi connectivity index (χ3n) is 3.00. The van der Waals surface area contributed by atoms with Crippen LogP contribution < -0.4 is 11.1 Å². The molecule has 5 nitrogen and oxygen atoms in total. The molecule has 0 atom stereocenters. The molecule has 0 aliphatic carbocycles. The van der Waals surface area contributed by atoms with Crippen molar-refractivity contribution in [2.45, 2.75) is 13.3 Å². The molecule has 2 rings (SSSR count). The summed E-state index contributed by atoms with van der Waals surface area (Å²) in [7, 11) is 0. The van der Waals surface area contributed by atoms with Crippen LogP contribution in [-0.4, -0.2) is 18.0 Å². The summed E-state index contributed by atoms with van der Waals surface area (Å²) in [6.07, 6.45) is 2.96. The second-order valence-electron chi connectivity index (χ2n) is 4.17. The standard InChI is InChI=1S/C12H15N3O2/c1-8-6-10(9-2-4-14-5-3-9)7-11(12(8)13)15(16)17/h2,6-7,14H,3-5,13H2,1H3. The molecule has 0 fully saturated rings. The number of nitrogens with zero attached hydrogens (tertiary/aromatic N) is 1. The summed E-state index contributed by atoms with van der Waals surface area (Å²) >= 11 is 0. The van der Waals surface area contributed by atoms with E-state index in [1.807, 2.05) is 6.07 Å². The lowest BCUT2D eigenvalue weighted by atomic mass is 9.97. The Morgan fingerprint density at radius 2 is 2.24 bits per heavy atom. The fraction of sp³-hybridized carbons (Fsp3) is 0.333. The minimum absolute atomic E-state index is 0.000525. The minimum atomic E-state index is -0.423. The Bertz CT molecular complexity index is 495. The van der Waals surface area contributed by atoms with Crippen LogP contribution in [0.5, 0.6) is 0 Å². The first kappa shape index (κ1) is 11.6. The van der Waals surface area contributed by atoms with Crippen molar-refractivity contribution in [1.82, 2.24) is 5.32 Å². The molecule has 3 N–H and O–H groups in total. The van der Waals surface area contributed by atoms with E-state index in [-0.39, 0.29) is 11.4 Å². The number of aryl methyl sites for hydroxylation is 1. The molecule has 90 valence electrons. The molecular formula is C12H15N3O2. The van der Waals surface area contributed by atoms with Crippen LogP contribution in [-0.2, 0) is 0 Å². The number of benzene rings is 1. The van der Waals surface area contributed by atoms with Gasteiger partial charge in [0.25, 0.3) is 5.69 Å². The first-order valence-electron chi connectivity index (χ1n) is 5.54. The van der Waals surface area contributed by atoms with Gasteiger partial charge in [-0.3, -0.25) is 10.1 Å². The van der Waals surface area contributed by atoms with Crippen molar-refractivity contribution in [3.05, 3.63) is 39.4 Å². The van der Waals surface area contributed by atoms with E-state index in [1.54, 1.807) is 13.0 Å². The first-order chi connectivity index (χ1) is 8.09. The van der Waals surface area contributed by atoms with Gasteiger partial charge in [-0.05, 0) is 42.7 Å². The lowest BCUT2D eigenvalue weighted by Crippen LogP contribution is -2.20. The molecule has 0 amide bonds. The molecular weight excluding hydrogens is 218 g/mol. The van der Waals surface area contributed by atoms with Crippen molar-refractivity contribution in [2.24, 2.45) is 0 Å². The molecule has 1 aromatic carbocycles. The molecule has 1 aliphatic rings. The summed E-state index contributed by atoms with van der Waals surface area (Å²) in [4.78, 5) is 10.5. The zero-order chi connectivity index (χ0) is 12.4. The maximum atomic E-state index is 10.9. The van der Waals surface area contributed by atoms with Gasteiger partial charge in [0.2, 0.25) is 0 Å². The molecule has 5 heteroatoms. The highest BCUT2D eigenvalue weighted by Gasteiger charge is 2.17. The zero-order valence-corrected chi connectivity index (χ0v) is 9.69. The number of nitro benzene ring substituents is 1. The van der Waals surface area contributed by atoms with Crippen molar-refractivity contribution >= 4 is 16.9 Å². The van der Waals surface area contributed by atoms with Crippen LogP contribution in [0.25, 0.3) is 5.57 Å². The van der Waals surface area contributed by atoms with E-state index in [0.29, 0.717) is 0 Å². The Hall–Kier alpha value is -1.88. The van der Waals surface area contributed by atoms with Gasteiger partial charge in [-0.25, -0.2) is 0 Å². The predicted molar refractivity (Wildman–Crippen MR) is 67.7 cm³/mol. The van der Waals surface area contributed by atoms with Gasteiger partial charge in [-0.1, -0.05) is 6.08 Å². The van der Waals surface area contributed by atoms with Crippen LogP contribution in [0, 0.1) is 17.0 Å². The second-order valence-corrected chi connectivity index (χ2v) is 4.17. The summed E-state index contributed by atoms with van der Waals surface area (Å²) < 4.78 is 0. The fourth-order valence-corrected chi connectivity index (χ4v) is 2.00. The van der Waals surface area contributed by atoms with Gasteiger partial charge in [0.15, 0.2) is 0 Å². The molecule has 0 saturated carbocycles. The van der Waals surface area contributed by atoms with Gasteiger partial charge in [0.05, 0.1) is 4.92 Å². The smallest absolute Gasteiger partial charge is 0.292 e. The average molecular weight is 233 g/mol. The molecule has 0 radical (unpaired) electrons. The van der Waals surface area contributed by atoms with E-state index in [0.717, 1.165) is 36.2 Å². The maximum Gasteiger partial charge on any atom is 0.292 e. The van der Waals surface area contributed by atoms with Crippen molar-refractivity contribution in [3.63, 3.8) is 0 Å². The summed E-state index contributed by atoms with van der Waals surface area (Å²) in [5.74, 6) is 0. The van der Waals surface area contributed by atoms with Crippen LogP contribution in [0.2, 0.25) is 0 Å². The molecule has 0 spiro atoms. The zero-order valence-electron chi connectivity index (χ0n) is 9.69. The predicted octanol–water partition coefficient (Wildman–Crippen LogP) is 1.86. The van der Waals surface area contributed by atoms with Gasteiger partial charge < -0.3 is 11.1 Å². The number of anilines is 1. The normalized spacial score (nSPS) is 15.5. The van der Waals surface area contributed by atoms with Gasteiger partial charge in [-0.2, -0.15) is 0 Å². The molecule has 1 heterocycles. The van der Waals surface area contributed by atoms with Crippen molar-refractivity contribution in [2.75, 3.05) is 18.8 Å². The number of nitrogen functional groups attached to an aromatic ring is 1.